The number of benzene rings is 1. The third-order valence-electron chi connectivity index (χ3n) is 4.13. The Balaban J connectivity index is 1.66. The summed E-state index contributed by atoms with van der Waals surface area (Å²) < 4.78 is 3.55. The molecule has 0 fully saturated rings. The molecule has 1 N–H and O–H groups in total. The van der Waals surface area contributed by atoms with E-state index in [1.807, 2.05) is 35.8 Å². The third kappa shape index (κ3) is 2.71. The molecule has 8 nitrogen and oxygen atoms in total. The molecule has 0 aliphatic carbocycles. The zero-order valence-electron chi connectivity index (χ0n) is 14.4. The second kappa shape index (κ2) is 6.40. The molecule has 0 bridgehead atoms. The quantitative estimate of drug-likeness (QED) is 0.613. The number of aryl methyl sites for hydroxylation is 2. The van der Waals surface area contributed by atoms with Crippen molar-refractivity contribution >= 4 is 17.2 Å². The van der Waals surface area contributed by atoms with E-state index in [1.165, 1.54) is 0 Å². The van der Waals surface area contributed by atoms with Crippen molar-refractivity contribution in [2.45, 2.75) is 20.4 Å². The average Bonchev–Trinajstić information content (AvgIpc) is 3.25. The van der Waals surface area contributed by atoms with Gasteiger partial charge in [0.15, 0.2) is 11.5 Å². The summed E-state index contributed by atoms with van der Waals surface area (Å²) in [5, 5.41) is 15.4. The van der Waals surface area contributed by atoms with Gasteiger partial charge < -0.3 is 9.88 Å². The molecular weight excluding hydrogens is 330 g/mol. The summed E-state index contributed by atoms with van der Waals surface area (Å²) in [6, 6.07) is 9.30. The van der Waals surface area contributed by atoms with Gasteiger partial charge in [0.2, 0.25) is 0 Å². The van der Waals surface area contributed by atoms with Crippen LogP contribution in [0.25, 0.3) is 17.0 Å². The molecule has 8 heteroatoms. The molecule has 26 heavy (non-hydrogen) atoms. The number of nitrogens with zero attached hydrogens (tertiary/aromatic N) is 6. The van der Waals surface area contributed by atoms with Gasteiger partial charge in [0.05, 0.1) is 5.69 Å². The molecule has 0 aliphatic rings. The third-order valence-corrected chi connectivity index (χ3v) is 4.13. The van der Waals surface area contributed by atoms with Crippen LogP contribution in [-0.4, -0.2) is 35.3 Å². The largest absolute Gasteiger partial charge is 0.322 e. The van der Waals surface area contributed by atoms with Gasteiger partial charge in [-0.3, -0.25) is 4.79 Å². The highest BCUT2D eigenvalue weighted by Crippen LogP contribution is 2.22. The average molecular weight is 347 g/mol. The minimum atomic E-state index is -0.245. The summed E-state index contributed by atoms with van der Waals surface area (Å²) in [7, 11) is 0. The fourth-order valence-electron chi connectivity index (χ4n) is 2.90. The number of carbonyl (C=O) groups is 1. The van der Waals surface area contributed by atoms with Crippen molar-refractivity contribution in [1.29, 1.82) is 0 Å². The smallest absolute Gasteiger partial charge is 0.261 e. The van der Waals surface area contributed by atoms with Crippen molar-refractivity contribution < 1.29 is 4.79 Å². The van der Waals surface area contributed by atoms with Gasteiger partial charge in [0, 0.05) is 30.2 Å². The van der Waals surface area contributed by atoms with Gasteiger partial charge in [-0.25, -0.2) is 9.50 Å². The Morgan fingerprint density at radius 3 is 3.00 bits per heavy atom. The molecule has 1 amide bonds. The van der Waals surface area contributed by atoms with Gasteiger partial charge >= 0.3 is 0 Å². The Hall–Kier alpha value is -3.55. The van der Waals surface area contributed by atoms with Crippen LogP contribution in [0.2, 0.25) is 0 Å². The number of fused-ring (bicyclic) bond motifs is 1. The summed E-state index contributed by atoms with van der Waals surface area (Å²) in [6.45, 7) is 4.59. The van der Waals surface area contributed by atoms with Crippen LogP contribution in [0.4, 0.5) is 5.69 Å². The fourth-order valence-corrected chi connectivity index (χ4v) is 2.90. The number of anilines is 1. The summed E-state index contributed by atoms with van der Waals surface area (Å²) in [5.74, 6) is 0.516. The van der Waals surface area contributed by atoms with Crippen molar-refractivity contribution in [2.75, 3.05) is 5.32 Å². The SMILES string of the molecule is CCn1cnnc1-c1cccc(NC(=O)c2c(C)nn3cccnc23)c1. The molecule has 4 rings (SSSR count). The maximum atomic E-state index is 12.8. The van der Waals surface area contributed by atoms with E-state index < -0.39 is 0 Å². The predicted octanol–water partition coefficient (Wildman–Crippen LogP) is 2.57. The van der Waals surface area contributed by atoms with E-state index in [0.29, 0.717) is 22.6 Å². The zero-order valence-corrected chi connectivity index (χ0v) is 14.4. The molecule has 4 aromatic rings. The second-order valence-electron chi connectivity index (χ2n) is 5.82. The highest BCUT2D eigenvalue weighted by atomic mass is 16.1. The van der Waals surface area contributed by atoms with Crippen LogP contribution in [0.3, 0.4) is 0 Å². The van der Waals surface area contributed by atoms with Crippen molar-refractivity contribution in [3.8, 4) is 11.4 Å². The first-order chi connectivity index (χ1) is 12.7. The molecule has 1 aromatic carbocycles. The van der Waals surface area contributed by atoms with E-state index in [9.17, 15) is 4.79 Å². The van der Waals surface area contributed by atoms with Crippen LogP contribution >= 0.6 is 0 Å². The Labute approximate surface area is 149 Å². The van der Waals surface area contributed by atoms with Gasteiger partial charge in [-0.2, -0.15) is 5.10 Å². The van der Waals surface area contributed by atoms with Crippen LogP contribution in [0.5, 0.6) is 0 Å². The van der Waals surface area contributed by atoms with E-state index in [1.54, 1.807) is 36.2 Å². The summed E-state index contributed by atoms with van der Waals surface area (Å²) in [6.07, 6.45) is 5.10. The molecule has 3 aromatic heterocycles. The molecule has 130 valence electrons. The molecule has 0 radical (unpaired) electrons. The lowest BCUT2D eigenvalue weighted by Crippen LogP contribution is -2.13. The molecule has 3 heterocycles. The van der Waals surface area contributed by atoms with E-state index in [2.05, 4.69) is 25.6 Å². The van der Waals surface area contributed by atoms with Gasteiger partial charge in [-0.1, -0.05) is 12.1 Å². The number of nitrogens with one attached hydrogen (secondary N) is 1. The molecule has 0 aliphatic heterocycles. The number of aromatic nitrogens is 6. The number of hydrogen-bond acceptors (Lipinski definition) is 5. The number of rotatable bonds is 4. The van der Waals surface area contributed by atoms with Crippen LogP contribution in [0, 0.1) is 6.92 Å². The molecule has 0 saturated heterocycles. The molecule has 0 atom stereocenters. The highest BCUT2D eigenvalue weighted by molar-refractivity contribution is 6.09. The van der Waals surface area contributed by atoms with Gasteiger partial charge in [-0.15, -0.1) is 10.2 Å². The summed E-state index contributed by atoms with van der Waals surface area (Å²) in [4.78, 5) is 17.1. The van der Waals surface area contributed by atoms with E-state index >= 15 is 0 Å². The maximum Gasteiger partial charge on any atom is 0.261 e. The lowest BCUT2D eigenvalue weighted by atomic mass is 10.1. The maximum absolute atomic E-state index is 12.8. The Bertz CT molecular complexity index is 1100. The lowest BCUT2D eigenvalue weighted by Gasteiger charge is -2.08. The Kier molecular flexibility index (Phi) is 3.92. The topological polar surface area (TPSA) is 90.0 Å². The van der Waals surface area contributed by atoms with Crippen LogP contribution in [0.15, 0.2) is 49.1 Å². The molecular formula is C18H17N7O. The van der Waals surface area contributed by atoms with Gasteiger partial charge in [0.1, 0.15) is 11.9 Å². The fraction of sp³-hybridized carbons (Fsp3) is 0.167. The minimum absolute atomic E-state index is 0.245. The lowest BCUT2D eigenvalue weighted by molar-refractivity contribution is 0.102. The number of amides is 1. The first-order valence-electron chi connectivity index (χ1n) is 8.27. The zero-order chi connectivity index (χ0) is 18.1. The number of carbonyl (C=O) groups excluding carboxylic acids is 1. The van der Waals surface area contributed by atoms with Crippen LogP contribution in [0.1, 0.15) is 23.0 Å². The summed E-state index contributed by atoms with van der Waals surface area (Å²) >= 11 is 0. The van der Waals surface area contributed by atoms with E-state index in [0.717, 1.165) is 17.9 Å². The van der Waals surface area contributed by atoms with Crippen molar-refractivity contribution in [3.05, 3.63) is 60.3 Å². The van der Waals surface area contributed by atoms with Gasteiger partial charge in [0.25, 0.3) is 5.91 Å². The van der Waals surface area contributed by atoms with E-state index in [4.69, 9.17) is 0 Å². The van der Waals surface area contributed by atoms with Crippen LogP contribution in [-0.2, 0) is 6.54 Å². The predicted molar refractivity (Wildman–Crippen MR) is 96.8 cm³/mol. The Morgan fingerprint density at radius 2 is 2.15 bits per heavy atom. The van der Waals surface area contributed by atoms with Crippen LogP contribution < -0.4 is 5.32 Å². The monoisotopic (exact) mass is 347 g/mol. The number of hydrogen-bond donors (Lipinski definition) is 1. The highest BCUT2D eigenvalue weighted by Gasteiger charge is 2.18. The van der Waals surface area contributed by atoms with Crippen molar-refractivity contribution in [1.82, 2.24) is 29.4 Å². The first-order valence-corrected chi connectivity index (χ1v) is 8.27. The Morgan fingerprint density at radius 1 is 1.27 bits per heavy atom. The molecule has 0 saturated carbocycles. The minimum Gasteiger partial charge on any atom is -0.322 e. The van der Waals surface area contributed by atoms with Gasteiger partial charge in [-0.05, 0) is 32.0 Å². The van der Waals surface area contributed by atoms with Crippen molar-refractivity contribution in [3.63, 3.8) is 0 Å². The normalized spacial score (nSPS) is 11.0. The molecule has 0 unspecified atom stereocenters. The first kappa shape index (κ1) is 15.9. The van der Waals surface area contributed by atoms with E-state index in [-0.39, 0.29) is 5.91 Å². The second-order valence-corrected chi connectivity index (χ2v) is 5.82. The standard InChI is InChI=1S/C18H17N7O/c1-3-24-11-20-22-16(24)13-6-4-7-14(10-13)21-18(26)15-12(2)23-25-9-5-8-19-17(15)25/h4-11H,3H2,1-2H3,(H,21,26). The molecule has 0 spiro atoms. The summed E-state index contributed by atoms with van der Waals surface area (Å²) in [5.41, 5.74) is 3.19. The van der Waals surface area contributed by atoms with Crippen molar-refractivity contribution in [2.24, 2.45) is 0 Å².